The summed E-state index contributed by atoms with van der Waals surface area (Å²) in [7, 11) is 0.651. The van der Waals surface area contributed by atoms with Crippen LogP contribution in [-0.4, -0.2) is 55.8 Å². The number of benzene rings is 1. The molecular weight excluding hydrogens is 373 g/mol. The van der Waals surface area contributed by atoms with Gasteiger partial charge in [0.2, 0.25) is 0 Å². The first kappa shape index (κ1) is 24.0. The third kappa shape index (κ3) is 7.23. The summed E-state index contributed by atoms with van der Waals surface area (Å²) in [5, 5.41) is 0. The molecule has 0 bridgehead atoms. The average molecular weight is 409 g/mol. The molecule has 6 heteroatoms. The predicted molar refractivity (Wildman–Crippen MR) is 126 cm³/mol. The van der Waals surface area contributed by atoms with Crippen LogP contribution in [0.15, 0.2) is 40.9 Å². The van der Waals surface area contributed by atoms with Crippen molar-refractivity contribution in [1.82, 2.24) is 4.90 Å². The Hall–Kier alpha value is -2.24. The number of carbonyl (C=O) groups excluding carboxylic acids is 1. The molecule has 1 fully saturated rings. The normalized spacial score (nSPS) is 17.7. The summed E-state index contributed by atoms with van der Waals surface area (Å²) in [5.74, 6) is 0.377. The van der Waals surface area contributed by atoms with E-state index in [0.717, 1.165) is 25.9 Å². The van der Waals surface area contributed by atoms with Crippen LogP contribution in [0.3, 0.4) is 0 Å². The second-order valence-electron chi connectivity index (χ2n) is 8.93. The molecule has 0 radical (unpaired) electrons. The van der Waals surface area contributed by atoms with Crippen LogP contribution < -0.4 is 4.90 Å². The fourth-order valence-electron chi connectivity index (χ4n) is 3.91. The van der Waals surface area contributed by atoms with E-state index >= 15 is 0 Å². The van der Waals surface area contributed by atoms with Gasteiger partial charge in [0, 0.05) is 0 Å². The average Bonchev–Trinajstić information content (AvgIpc) is 2.71. The van der Waals surface area contributed by atoms with E-state index in [9.17, 15) is 9.50 Å². The Balaban J connectivity index is 2.21. The summed E-state index contributed by atoms with van der Waals surface area (Å²) >= 11 is 0. The summed E-state index contributed by atoms with van der Waals surface area (Å²) in [6.07, 6.45) is 6.15. The minimum atomic E-state index is -0.473. The molecule has 1 aromatic carbocycles. The quantitative estimate of drug-likeness (QED) is 0.348. The molecule has 1 aliphatic heterocycles. The molecule has 5 nitrogen and oxygen atoms in total. The van der Waals surface area contributed by atoms with Gasteiger partial charge in [-0.1, -0.05) is 0 Å². The van der Waals surface area contributed by atoms with Crippen LogP contribution in [0.25, 0.3) is 0 Å². The Morgan fingerprint density at radius 2 is 2.00 bits per heavy atom. The first-order chi connectivity index (χ1) is 14.3. The van der Waals surface area contributed by atoms with Crippen molar-refractivity contribution in [2.24, 2.45) is 10.9 Å². The van der Waals surface area contributed by atoms with Crippen LogP contribution in [0, 0.1) is 12.8 Å². The Labute approximate surface area is 182 Å². The van der Waals surface area contributed by atoms with E-state index in [1.165, 1.54) is 22.9 Å². The SMILES string of the molecule is CC(C)=CCN(c1ccc(C)cc1)C1CCCN(C(=O)C(CC(C)C)N=CB=O)C1. The van der Waals surface area contributed by atoms with Crippen LogP contribution in [0.5, 0.6) is 0 Å². The molecule has 2 atom stereocenters. The van der Waals surface area contributed by atoms with E-state index < -0.39 is 6.04 Å². The number of carbonyl (C=O) groups is 1. The number of hydrogen-bond donors (Lipinski definition) is 0. The van der Waals surface area contributed by atoms with Crippen molar-refractivity contribution in [2.45, 2.75) is 66.0 Å². The van der Waals surface area contributed by atoms with Gasteiger partial charge in [0.05, 0.1) is 0 Å². The minimum absolute atomic E-state index is 0.0394. The second-order valence-corrected chi connectivity index (χ2v) is 8.93. The van der Waals surface area contributed by atoms with Gasteiger partial charge in [0.15, 0.2) is 0 Å². The number of anilines is 1. The molecule has 0 aliphatic carbocycles. The van der Waals surface area contributed by atoms with Gasteiger partial charge in [0.1, 0.15) is 0 Å². The zero-order valence-corrected chi connectivity index (χ0v) is 19.2. The zero-order chi connectivity index (χ0) is 22.1. The molecule has 1 saturated heterocycles. The van der Waals surface area contributed by atoms with Crippen molar-refractivity contribution >= 4 is 24.9 Å². The van der Waals surface area contributed by atoms with Crippen LogP contribution in [0.2, 0.25) is 0 Å². The van der Waals surface area contributed by atoms with E-state index in [2.05, 4.69) is 74.9 Å². The van der Waals surface area contributed by atoms with Gasteiger partial charge in [-0.15, -0.1) is 0 Å². The molecule has 162 valence electrons. The van der Waals surface area contributed by atoms with E-state index in [1.54, 1.807) is 0 Å². The molecule has 0 N–H and O–H groups in total. The molecule has 0 spiro atoms. The number of hydrogen-bond acceptors (Lipinski definition) is 4. The van der Waals surface area contributed by atoms with Gasteiger partial charge in [-0.25, -0.2) is 0 Å². The first-order valence-electron chi connectivity index (χ1n) is 11.0. The molecule has 30 heavy (non-hydrogen) atoms. The number of amides is 1. The third-order valence-corrected chi connectivity index (χ3v) is 5.52. The van der Waals surface area contributed by atoms with Crippen molar-refractivity contribution in [1.29, 1.82) is 0 Å². The van der Waals surface area contributed by atoms with Crippen LogP contribution in [0.1, 0.15) is 52.5 Å². The van der Waals surface area contributed by atoms with Gasteiger partial charge in [-0.05, 0) is 6.92 Å². The number of nitrogens with zero attached hydrogens (tertiary/aromatic N) is 3. The fourth-order valence-corrected chi connectivity index (χ4v) is 3.91. The van der Waals surface area contributed by atoms with Crippen molar-refractivity contribution in [3.05, 3.63) is 41.5 Å². The molecule has 2 rings (SSSR count). The molecule has 0 aromatic heterocycles. The number of rotatable bonds is 9. The topological polar surface area (TPSA) is 53.0 Å². The molecule has 1 aromatic rings. The van der Waals surface area contributed by atoms with Crippen molar-refractivity contribution < 1.29 is 9.50 Å². The standard InChI is InChI=1S/C24H36BN3O2/c1-18(2)12-14-28(21-10-8-20(5)9-11-21)22-7-6-13-27(16-22)24(29)23(15-19(3)4)26-17-25-30/h8-12,17,19,22-23H,6-7,13-16H2,1-5H3. The number of piperidine rings is 1. The summed E-state index contributed by atoms with van der Waals surface area (Å²) in [4.78, 5) is 21.8. The summed E-state index contributed by atoms with van der Waals surface area (Å²) in [6, 6.07) is 8.41. The van der Waals surface area contributed by atoms with E-state index in [0.29, 0.717) is 26.0 Å². The first-order valence-corrected chi connectivity index (χ1v) is 11.0. The van der Waals surface area contributed by atoms with E-state index in [4.69, 9.17) is 0 Å². The summed E-state index contributed by atoms with van der Waals surface area (Å²) in [6.45, 7) is 12.8. The molecular formula is C24H36BN3O2. The van der Waals surface area contributed by atoms with Gasteiger partial charge < -0.3 is 0 Å². The molecule has 0 saturated carbocycles. The van der Waals surface area contributed by atoms with Crippen molar-refractivity contribution in [2.75, 3.05) is 24.5 Å². The number of aryl methyl sites for hydroxylation is 1. The van der Waals surface area contributed by atoms with E-state index in [-0.39, 0.29) is 11.9 Å². The van der Waals surface area contributed by atoms with Crippen LogP contribution in [-0.2, 0) is 9.50 Å². The maximum atomic E-state index is 13.2. The van der Waals surface area contributed by atoms with Gasteiger partial charge in [-0.3, -0.25) is 0 Å². The van der Waals surface area contributed by atoms with Crippen LogP contribution in [0.4, 0.5) is 5.69 Å². The Morgan fingerprint density at radius 3 is 2.60 bits per heavy atom. The van der Waals surface area contributed by atoms with Crippen molar-refractivity contribution in [3.63, 3.8) is 0 Å². The second kappa shape index (κ2) is 11.8. The summed E-state index contributed by atoms with van der Waals surface area (Å²) < 4.78 is 10.8. The number of likely N-dealkylation sites (tertiary alicyclic amines) is 1. The van der Waals surface area contributed by atoms with Gasteiger partial charge in [0.25, 0.3) is 0 Å². The fraction of sp³-hybridized carbons (Fsp3) is 0.583. The molecule has 1 amide bonds. The summed E-state index contributed by atoms with van der Waals surface area (Å²) in [5.41, 5.74) is 3.72. The molecule has 1 aliphatic rings. The van der Waals surface area contributed by atoms with Crippen LogP contribution >= 0.6 is 0 Å². The zero-order valence-electron chi connectivity index (χ0n) is 19.2. The molecule has 1 heterocycles. The van der Waals surface area contributed by atoms with Crippen molar-refractivity contribution in [3.8, 4) is 0 Å². The Bertz CT molecular complexity index is 754. The monoisotopic (exact) mass is 409 g/mol. The molecule has 2 unspecified atom stereocenters. The Morgan fingerprint density at radius 1 is 1.30 bits per heavy atom. The maximum absolute atomic E-state index is 13.2. The predicted octanol–water partition coefficient (Wildman–Crippen LogP) is 4.25. The van der Waals surface area contributed by atoms with E-state index in [1.807, 2.05) is 4.90 Å². The van der Waals surface area contributed by atoms with Gasteiger partial charge >= 0.3 is 175 Å². The number of allylic oxidation sites excluding steroid dienone is 1. The van der Waals surface area contributed by atoms with Gasteiger partial charge in [-0.2, -0.15) is 0 Å². The Kier molecular flexibility index (Phi) is 9.47. The third-order valence-electron chi connectivity index (χ3n) is 5.52. The number of aliphatic imine (C=N–C) groups is 1.